The fourth-order valence-corrected chi connectivity index (χ4v) is 3.06. The van der Waals surface area contributed by atoms with Gasteiger partial charge in [0.25, 0.3) is 0 Å². The number of imide groups is 1. The third-order valence-corrected chi connectivity index (χ3v) is 4.03. The van der Waals surface area contributed by atoms with Gasteiger partial charge in [-0.15, -0.1) is 0 Å². The molecule has 0 aliphatic carbocycles. The fraction of sp³-hybridized carbons (Fsp3) is 0.833. The molecule has 3 rings (SSSR count). The Labute approximate surface area is 106 Å². The van der Waals surface area contributed by atoms with E-state index < -0.39 is 6.09 Å². The summed E-state index contributed by atoms with van der Waals surface area (Å²) in [4.78, 5) is 26.7. The second-order valence-electron chi connectivity index (χ2n) is 5.32. The molecule has 0 spiro atoms. The maximum Gasteiger partial charge on any atom is 0.416 e. The summed E-state index contributed by atoms with van der Waals surface area (Å²) >= 11 is 0. The molecule has 0 aromatic rings. The molecule has 6 nitrogen and oxygen atoms in total. The highest BCUT2D eigenvalue weighted by atomic mass is 16.6. The second-order valence-corrected chi connectivity index (χ2v) is 5.32. The van der Waals surface area contributed by atoms with Gasteiger partial charge in [-0.2, -0.15) is 0 Å². The number of rotatable bonds is 2. The van der Waals surface area contributed by atoms with Crippen LogP contribution in [0.1, 0.15) is 19.3 Å². The minimum atomic E-state index is -0.491. The molecule has 6 heteroatoms. The summed E-state index contributed by atoms with van der Waals surface area (Å²) in [7, 11) is 0. The van der Waals surface area contributed by atoms with Crippen LogP contribution in [0.5, 0.6) is 0 Å². The van der Waals surface area contributed by atoms with Crippen LogP contribution in [0.2, 0.25) is 0 Å². The lowest BCUT2D eigenvalue weighted by atomic mass is 10.1. The molecule has 2 amide bonds. The molecule has 2 bridgehead atoms. The van der Waals surface area contributed by atoms with Gasteiger partial charge in [-0.25, -0.2) is 9.69 Å². The van der Waals surface area contributed by atoms with Crippen LogP contribution in [-0.4, -0.2) is 66.7 Å². The highest BCUT2D eigenvalue weighted by Crippen LogP contribution is 2.20. The molecule has 2 unspecified atom stereocenters. The van der Waals surface area contributed by atoms with E-state index in [2.05, 4.69) is 10.2 Å². The van der Waals surface area contributed by atoms with Gasteiger partial charge < -0.3 is 10.1 Å². The molecule has 3 saturated heterocycles. The predicted molar refractivity (Wildman–Crippen MR) is 64.1 cm³/mol. The van der Waals surface area contributed by atoms with Gasteiger partial charge >= 0.3 is 6.09 Å². The van der Waals surface area contributed by atoms with Gasteiger partial charge in [0.1, 0.15) is 6.61 Å². The summed E-state index contributed by atoms with van der Waals surface area (Å²) in [6, 6.07) is 1.13. The lowest BCUT2D eigenvalue weighted by Gasteiger charge is -2.24. The Kier molecular flexibility index (Phi) is 3.22. The van der Waals surface area contributed by atoms with Gasteiger partial charge in [0.15, 0.2) is 0 Å². The normalized spacial score (nSPS) is 32.4. The zero-order chi connectivity index (χ0) is 12.5. The summed E-state index contributed by atoms with van der Waals surface area (Å²) < 4.78 is 4.79. The third kappa shape index (κ3) is 2.35. The molecule has 2 atom stereocenters. The first-order valence-corrected chi connectivity index (χ1v) is 6.68. The minimum absolute atomic E-state index is 0.129. The number of likely N-dealkylation sites (tertiary alicyclic amines) is 1. The van der Waals surface area contributed by atoms with Crippen molar-refractivity contribution in [2.75, 3.05) is 32.8 Å². The first-order valence-electron chi connectivity index (χ1n) is 6.68. The van der Waals surface area contributed by atoms with Crippen LogP contribution in [0.3, 0.4) is 0 Å². The quantitative estimate of drug-likeness (QED) is 0.738. The predicted octanol–water partition coefficient (Wildman–Crippen LogP) is -0.208. The van der Waals surface area contributed by atoms with Crippen LogP contribution in [0.4, 0.5) is 4.79 Å². The minimum Gasteiger partial charge on any atom is -0.447 e. The van der Waals surface area contributed by atoms with Gasteiger partial charge in [-0.1, -0.05) is 0 Å². The summed E-state index contributed by atoms with van der Waals surface area (Å²) in [6.45, 7) is 2.90. The van der Waals surface area contributed by atoms with Gasteiger partial charge in [-0.05, 0) is 19.3 Å². The molecule has 1 N–H and O–H groups in total. The van der Waals surface area contributed by atoms with E-state index >= 15 is 0 Å². The number of nitrogens with zero attached hydrogens (tertiary/aromatic N) is 2. The Morgan fingerprint density at radius 1 is 1.28 bits per heavy atom. The number of nitrogens with one attached hydrogen (secondary N) is 1. The van der Waals surface area contributed by atoms with E-state index in [0.717, 1.165) is 19.5 Å². The van der Waals surface area contributed by atoms with Crippen LogP contribution in [0.15, 0.2) is 0 Å². The van der Waals surface area contributed by atoms with E-state index in [1.165, 1.54) is 17.7 Å². The molecule has 0 aromatic heterocycles. The Morgan fingerprint density at radius 2 is 2.11 bits per heavy atom. The van der Waals surface area contributed by atoms with Crippen molar-refractivity contribution >= 4 is 12.0 Å². The van der Waals surface area contributed by atoms with Crippen LogP contribution < -0.4 is 5.32 Å². The van der Waals surface area contributed by atoms with Crippen LogP contribution in [0, 0.1) is 0 Å². The van der Waals surface area contributed by atoms with E-state index in [4.69, 9.17) is 4.74 Å². The monoisotopic (exact) mass is 253 g/mol. The van der Waals surface area contributed by atoms with Crippen LogP contribution >= 0.6 is 0 Å². The van der Waals surface area contributed by atoms with Crippen molar-refractivity contribution in [3.05, 3.63) is 0 Å². The average molecular weight is 253 g/mol. The molecule has 0 radical (unpaired) electrons. The summed E-state index contributed by atoms with van der Waals surface area (Å²) in [5.74, 6) is -0.129. The maximum atomic E-state index is 12.0. The first kappa shape index (κ1) is 11.9. The smallest absolute Gasteiger partial charge is 0.416 e. The molecular weight excluding hydrogens is 234 g/mol. The number of amides is 2. The zero-order valence-corrected chi connectivity index (χ0v) is 10.4. The van der Waals surface area contributed by atoms with Crippen molar-refractivity contribution in [3.8, 4) is 0 Å². The number of hydrogen-bond donors (Lipinski definition) is 1. The highest BCUT2D eigenvalue weighted by molar-refractivity contribution is 5.94. The van der Waals surface area contributed by atoms with Crippen molar-refractivity contribution in [2.45, 2.75) is 31.3 Å². The summed E-state index contributed by atoms with van der Waals surface area (Å²) in [5.41, 5.74) is 0. The van der Waals surface area contributed by atoms with Gasteiger partial charge in [-0.3, -0.25) is 9.69 Å². The highest BCUT2D eigenvalue weighted by Gasteiger charge is 2.33. The van der Waals surface area contributed by atoms with E-state index in [1.54, 1.807) is 0 Å². The molecule has 18 heavy (non-hydrogen) atoms. The first-order chi connectivity index (χ1) is 8.72. The largest absolute Gasteiger partial charge is 0.447 e. The Bertz CT molecular complexity index is 360. The van der Waals surface area contributed by atoms with Crippen LogP contribution in [0.25, 0.3) is 0 Å². The number of cyclic esters (lactones) is 1. The molecule has 3 aliphatic heterocycles. The van der Waals surface area contributed by atoms with Gasteiger partial charge in [0.05, 0.1) is 13.1 Å². The van der Waals surface area contributed by atoms with Crippen molar-refractivity contribution in [2.24, 2.45) is 0 Å². The number of ether oxygens (including phenoxy) is 1. The molecule has 100 valence electrons. The standard InChI is InChI=1S/C12H19N3O3/c16-11(15-5-6-18-12(15)17)8-14-4-3-9-1-2-10(7-14)13-9/h9-10,13H,1-8H2. The molecule has 0 saturated carbocycles. The topological polar surface area (TPSA) is 61.9 Å². The molecule has 3 heterocycles. The van der Waals surface area contributed by atoms with E-state index in [1.807, 2.05) is 0 Å². The average Bonchev–Trinajstić information content (AvgIpc) is 2.88. The fourth-order valence-electron chi connectivity index (χ4n) is 3.06. The molecule has 3 aliphatic rings. The summed E-state index contributed by atoms with van der Waals surface area (Å²) in [5, 5.41) is 3.58. The number of fused-ring (bicyclic) bond motifs is 2. The number of hydrogen-bond acceptors (Lipinski definition) is 5. The molecular formula is C12H19N3O3. The van der Waals surface area contributed by atoms with E-state index in [-0.39, 0.29) is 5.91 Å². The lowest BCUT2D eigenvalue weighted by Crippen LogP contribution is -2.43. The van der Waals surface area contributed by atoms with Gasteiger partial charge in [0.2, 0.25) is 5.91 Å². The molecule has 0 aromatic carbocycles. The SMILES string of the molecule is O=C(CN1CCC2CCC(C1)N2)N1CCOC1=O. The second kappa shape index (κ2) is 4.85. The van der Waals surface area contributed by atoms with Crippen molar-refractivity contribution in [3.63, 3.8) is 0 Å². The van der Waals surface area contributed by atoms with Crippen molar-refractivity contribution in [1.29, 1.82) is 0 Å². The van der Waals surface area contributed by atoms with Gasteiger partial charge in [0, 0.05) is 25.2 Å². The third-order valence-electron chi connectivity index (χ3n) is 4.03. The van der Waals surface area contributed by atoms with Crippen molar-refractivity contribution in [1.82, 2.24) is 15.1 Å². The number of carbonyl (C=O) groups is 2. The van der Waals surface area contributed by atoms with E-state index in [0.29, 0.717) is 31.8 Å². The Morgan fingerprint density at radius 3 is 2.89 bits per heavy atom. The maximum absolute atomic E-state index is 12.0. The van der Waals surface area contributed by atoms with Crippen molar-refractivity contribution < 1.29 is 14.3 Å². The number of carbonyl (C=O) groups excluding carboxylic acids is 2. The van der Waals surface area contributed by atoms with E-state index in [9.17, 15) is 9.59 Å². The summed E-state index contributed by atoms with van der Waals surface area (Å²) in [6.07, 6.45) is 3.05. The molecule has 3 fully saturated rings. The Balaban J connectivity index is 1.56. The lowest BCUT2D eigenvalue weighted by molar-refractivity contribution is -0.129. The van der Waals surface area contributed by atoms with Crippen LogP contribution in [-0.2, 0) is 9.53 Å². The zero-order valence-electron chi connectivity index (χ0n) is 10.4. The Hall–Kier alpha value is -1.14.